The molecule has 0 spiro atoms. The van der Waals surface area contributed by atoms with E-state index in [-0.39, 0.29) is 11.3 Å². The lowest BCUT2D eigenvalue weighted by atomic mass is 10.1. The second-order valence-corrected chi connectivity index (χ2v) is 7.05. The highest BCUT2D eigenvalue weighted by molar-refractivity contribution is 7.09. The Morgan fingerprint density at radius 1 is 1.00 bits per heavy atom. The van der Waals surface area contributed by atoms with Crippen molar-refractivity contribution in [3.05, 3.63) is 88.3 Å². The van der Waals surface area contributed by atoms with Gasteiger partial charge < -0.3 is 5.32 Å². The van der Waals surface area contributed by atoms with Crippen molar-refractivity contribution in [2.45, 2.75) is 12.2 Å². The lowest BCUT2D eigenvalue weighted by molar-refractivity contribution is -0.138. The van der Waals surface area contributed by atoms with E-state index in [2.05, 4.69) is 20.3 Å². The van der Waals surface area contributed by atoms with Gasteiger partial charge in [0.15, 0.2) is 0 Å². The molecule has 3 aromatic heterocycles. The number of hydrogen-bond acceptors (Lipinski definition) is 5. The zero-order valence-corrected chi connectivity index (χ0v) is 15.5. The van der Waals surface area contributed by atoms with Gasteiger partial charge in [-0.1, -0.05) is 12.1 Å². The van der Waals surface area contributed by atoms with Gasteiger partial charge in [0, 0.05) is 34.9 Å². The number of hydrogen-bond donors (Lipinski definition) is 1. The molecule has 4 aromatic rings. The second kappa shape index (κ2) is 7.59. The van der Waals surface area contributed by atoms with Gasteiger partial charge in [0.25, 0.3) is 5.91 Å². The topological polar surface area (TPSA) is 67.8 Å². The van der Waals surface area contributed by atoms with Crippen molar-refractivity contribution in [2.75, 3.05) is 0 Å². The smallest absolute Gasteiger partial charge is 0.337 e. The van der Waals surface area contributed by atoms with E-state index in [1.807, 2.05) is 6.07 Å². The van der Waals surface area contributed by atoms with Crippen LogP contribution in [-0.4, -0.2) is 20.9 Å². The van der Waals surface area contributed by atoms with E-state index >= 15 is 0 Å². The highest BCUT2D eigenvalue weighted by Crippen LogP contribution is 2.36. The third-order valence-electron chi connectivity index (χ3n) is 4.26. The molecule has 0 saturated carbocycles. The molecule has 1 aromatic carbocycles. The zero-order valence-electron chi connectivity index (χ0n) is 14.7. The molecule has 0 aliphatic rings. The largest absolute Gasteiger partial charge is 0.418 e. The molecule has 3 heterocycles. The minimum atomic E-state index is -4.61. The number of rotatable bonds is 4. The molecular weight excluding hydrogens is 401 g/mol. The predicted octanol–water partition coefficient (Wildman–Crippen LogP) is 4.62. The van der Waals surface area contributed by atoms with Gasteiger partial charge in [0.2, 0.25) is 0 Å². The van der Waals surface area contributed by atoms with Gasteiger partial charge in [-0.3, -0.25) is 14.8 Å². The van der Waals surface area contributed by atoms with Crippen molar-refractivity contribution in [3.8, 4) is 0 Å². The first-order chi connectivity index (χ1) is 13.9. The van der Waals surface area contributed by atoms with Crippen LogP contribution in [0.1, 0.15) is 32.7 Å². The van der Waals surface area contributed by atoms with E-state index in [4.69, 9.17) is 0 Å². The summed E-state index contributed by atoms with van der Waals surface area (Å²) in [5.74, 6) is -0.545. The molecule has 9 heteroatoms. The van der Waals surface area contributed by atoms with Crippen molar-refractivity contribution in [1.29, 1.82) is 0 Å². The average Bonchev–Trinajstić information content (AvgIpc) is 3.25. The number of halogens is 3. The molecule has 1 amide bonds. The molecule has 1 N–H and O–H groups in total. The lowest BCUT2D eigenvalue weighted by Crippen LogP contribution is -2.31. The summed E-state index contributed by atoms with van der Waals surface area (Å²) >= 11 is 1.14. The Bertz CT molecular complexity index is 1160. The molecule has 0 radical (unpaired) electrons. The van der Waals surface area contributed by atoms with Gasteiger partial charge in [-0.25, -0.2) is 4.98 Å². The normalized spacial score (nSPS) is 12.7. The first-order valence-electron chi connectivity index (χ1n) is 8.50. The van der Waals surface area contributed by atoms with Crippen molar-refractivity contribution in [3.63, 3.8) is 0 Å². The SMILES string of the molecule is O=C(N[C@@H](c1nccs1)c1ncccc1C(F)(F)F)c1ccc2cccnc2c1. The summed E-state index contributed by atoms with van der Waals surface area (Å²) in [6.45, 7) is 0. The van der Waals surface area contributed by atoms with E-state index in [1.54, 1.807) is 35.8 Å². The van der Waals surface area contributed by atoms with Crippen LogP contribution in [-0.2, 0) is 6.18 Å². The van der Waals surface area contributed by atoms with Crippen molar-refractivity contribution >= 4 is 28.1 Å². The van der Waals surface area contributed by atoms with Gasteiger partial charge >= 0.3 is 6.18 Å². The summed E-state index contributed by atoms with van der Waals surface area (Å²) in [4.78, 5) is 25.1. The first-order valence-corrected chi connectivity index (χ1v) is 9.38. The van der Waals surface area contributed by atoms with Gasteiger partial charge in [-0.05, 0) is 30.3 Å². The number of carbonyl (C=O) groups is 1. The second-order valence-electron chi connectivity index (χ2n) is 6.12. The zero-order chi connectivity index (χ0) is 20.4. The molecule has 0 aliphatic carbocycles. The number of nitrogens with zero attached hydrogens (tertiary/aromatic N) is 3. The highest BCUT2D eigenvalue weighted by atomic mass is 32.1. The quantitative estimate of drug-likeness (QED) is 0.529. The Kier molecular flexibility index (Phi) is 4.98. The molecule has 0 aliphatic heterocycles. The summed E-state index contributed by atoms with van der Waals surface area (Å²) < 4.78 is 40.5. The number of nitrogens with one attached hydrogen (secondary N) is 1. The number of carbonyl (C=O) groups excluding carboxylic acids is 1. The van der Waals surface area contributed by atoms with Gasteiger partial charge in [-0.15, -0.1) is 11.3 Å². The number of alkyl halides is 3. The maximum atomic E-state index is 13.5. The minimum Gasteiger partial charge on any atom is -0.337 e. The Hall–Kier alpha value is -3.33. The van der Waals surface area contributed by atoms with Crippen LogP contribution in [0.25, 0.3) is 10.9 Å². The molecule has 0 unspecified atom stereocenters. The van der Waals surface area contributed by atoms with E-state index in [9.17, 15) is 18.0 Å². The van der Waals surface area contributed by atoms with Crippen LogP contribution in [0.3, 0.4) is 0 Å². The summed E-state index contributed by atoms with van der Waals surface area (Å²) in [6.07, 6.45) is -0.283. The number of amides is 1. The molecule has 5 nitrogen and oxygen atoms in total. The summed E-state index contributed by atoms with van der Waals surface area (Å²) in [6, 6.07) is 9.56. The first kappa shape index (κ1) is 19.0. The fourth-order valence-corrected chi connectivity index (χ4v) is 3.62. The maximum Gasteiger partial charge on any atom is 0.418 e. The van der Waals surface area contributed by atoms with Crippen molar-refractivity contribution < 1.29 is 18.0 Å². The fourth-order valence-electron chi connectivity index (χ4n) is 2.93. The van der Waals surface area contributed by atoms with E-state index < -0.39 is 23.7 Å². The molecule has 29 heavy (non-hydrogen) atoms. The Labute approximate surface area is 167 Å². The van der Waals surface area contributed by atoms with E-state index in [1.165, 1.54) is 18.5 Å². The summed E-state index contributed by atoms with van der Waals surface area (Å²) in [5.41, 5.74) is -0.329. The van der Waals surface area contributed by atoms with Gasteiger partial charge in [-0.2, -0.15) is 13.2 Å². The molecule has 0 fully saturated rings. The lowest BCUT2D eigenvalue weighted by Gasteiger charge is -2.20. The minimum absolute atomic E-state index is 0.280. The number of thiazole rings is 1. The molecule has 0 saturated heterocycles. The molecule has 1 atom stereocenters. The molecular formula is C20H13F3N4OS. The Morgan fingerprint density at radius 2 is 1.79 bits per heavy atom. The van der Waals surface area contributed by atoms with Crippen LogP contribution >= 0.6 is 11.3 Å². The van der Waals surface area contributed by atoms with Crippen LogP contribution in [0.4, 0.5) is 13.2 Å². The molecule has 0 bridgehead atoms. The van der Waals surface area contributed by atoms with Crippen LogP contribution < -0.4 is 5.32 Å². The van der Waals surface area contributed by atoms with E-state index in [0.717, 1.165) is 22.8 Å². The van der Waals surface area contributed by atoms with Gasteiger partial charge in [0.05, 0.1) is 16.8 Å². The average molecular weight is 414 g/mol. The predicted molar refractivity (Wildman–Crippen MR) is 102 cm³/mol. The fraction of sp³-hybridized carbons (Fsp3) is 0.100. The van der Waals surface area contributed by atoms with Gasteiger partial charge in [0.1, 0.15) is 11.0 Å². The maximum absolute atomic E-state index is 13.5. The van der Waals surface area contributed by atoms with E-state index in [0.29, 0.717) is 10.5 Å². The number of fused-ring (bicyclic) bond motifs is 1. The summed E-state index contributed by atoms with van der Waals surface area (Å²) in [7, 11) is 0. The monoisotopic (exact) mass is 414 g/mol. The Balaban J connectivity index is 1.73. The Morgan fingerprint density at radius 3 is 2.55 bits per heavy atom. The summed E-state index contributed by atoms with van der Waals surface area (Å²) in [5, 5.41) is 5.44. The van der Waals surface area contributed by atoms with Crippen molar-refractivity contribution in [2.24, 2.45) is 0 Å². The van der Waals surface area contributed by atoms with Crippen LogP contribution in [0.15, 0.2) is 66.4 Å². The third-order valence-corrected chi connectivity index (χ3v) is 5.10. The van der Waals surface area contributed by atoms with Crippen LogP contribution in [0, 0.1) is 0 Å². The van der Waals surface area contributed by atoms with Crippen LogP contribution in [0.2, 0.25) is 0 Å². The number of benzene rings is 1. The number of aromatic nitrogens is 3. The third kappa shape index (κ3) is 3.95. The molecule has 4 rings (SSSR count). The standard InChI is InChI=1S/C20H13F3N4OS/c21-20(22,23)14-4-2-8-25-16(14)17(19-26-9-10-29-19)27-18(28)13-6-5-12-3-1-7-24-15(12)11-13/h1-11,17H,(H,27,28)/t17-/m1/s1. The highest BCUT2D eigenvalue weighted by Gasteiger charge is 2.37. The van der Waals surface area contributed by atoms with Crippen molar-refractivity contribution in [1.82, 2.24) is 20.3 Å². The molecule has 146 valence electrons. The van der Waals surface area contributed by atoms with Crippen LogP contribution in [0.5, 0.6) is 0 Å². The number of pyridine rings is 2.